The van der Waals surface area contributed by atoms with Crippen molar-refractivity contribution in [1.82, 2.24) is 15.0 Å². The summed E-state index contributed by atoms with van der Waals surface area (Å²) in [6, 6.07) is 65.6. The van der Waals surface area contributed by atoms with Crippen LogP contribution in [0.15, 0.2) is 192 Å². The van der Waals surface area contributed by atoms with Gasteiger partial charge in [0.25, 0.3) is 0 Å². The first-order valence-electron chi connectivity index (χ1n) is 18.7. The Balaban J connectivity index is 1.15. The van der Waals surface area contributed by atoms with Crippen LogP contribution in [0, 0.1) is 0 Å². The number of nitrogens with zero attached hydrogens (tertiary/aromatic N) is 3. The predicted octanol–water partition coefficient (Wildman–Crippen LogP) is 14.1. The third-order valence-corrected chi connectivity index (χ3v) is 11.7. The van der Waals surface area contributed by atoms with Gasteiger partial charge in [0.05, 0.1) is 0 Å². The molecule has 0 saturated carbocycles. The number of para-hydroxylation sites is 1. The number of hydrogen-bond donors (Lipinski definition) is 0. The zero-order valence-electron chi connectivity index (χ0n) is 30.1. The van der Waals surface area contributed by atoms with Gasteiger partial charge in [0.15, 0.2) is 17.5 Å². The van der Waals surface area contributed by atoms with Crippen molar-refractivity contribution in [2.45, 2.75) is 0 Å². The van der Waals surface area contributed by atoms with E-state index >= 15 is 0 Å². The van der Waals surface area contributed by atoms with Gasteiger partial charge in [-0.2, -0.15) is 0 Å². The second kappa shape index (κ2) is 13.3. The quantitative estimate of drug-likeness (QED) is 0.171. The summed E-state index contributed by atoms with van der Waals surface area (Å²) in [4.78, 5) is 15.7. The zero-order valence-corrected chi connectivity index (χ0v) is 30.9. The molecule has 0 radical (unpaired) electrons. The van der Waals surface area contributed by atoms with Crippen LogP contribution in [-0.4, -0.2) is 15.0 Å². The molecule has 5 heteroatoms. The zero-order chi connectivity index (χ0) is 37.0. The van der Waals surface area contributed by atoms with E-state index in [1.165, 1.54) is 20.2 Å². The van der Waals surface area contributed by atoms with E-state index in [1.807, 2.05) is 53.8 Å². The van der Waals surface area contributed by atoms with Gasteiger partial charge >= 0.3 is 0 Å². The van der Waals surface area contributed by atoms with Crippen LogP contribution in [-0.2, 0) is 0 Å². The highest BCUT2D eigenvalue weighted by atomic mass is 32.1. The average molecular weight is 734 g/mol. The summed E-state index contributed by atoms with van der Waals surface area (Å²) in [5.74, 6) is 1.79. The topological polar surface area (TPSA) is 51.8 Å². The Bertz CT molecular complexity index is 3180. The minimum atomic E-state index is 0.586. The second-order valence-electron chi connectivity index (χ2n) is 14.0. The monoisotopic (exact) mass is 733 g/mol. The Hall–Kier alpha value is -7.21. The molecule has 0 amide bonds. The predicted molar refractivity (Wildman–Crippen MR) is 233 cm³/mol. The first-order valence-corrected chi connectivity index (χ1v) is 19.5. The van der Waals surface area contributed by atoms with Crippen molar-refractivity contribution in [3.63, 3.8) is 0 Å². The second-order valence-corrected chi connectivity index (χ2v) is 15.1. The van der Waals surface area contributed by atoms with E-state index in [4.69, 9.17) is 19.4 Å². The van der Waals surface area contributed by atoms with Crippen molar-refractivity contribution in [3.8, 4) is 67.5 Å². The number of hydrogen-bond acceptors (Lipinski definition) is 5. The molecule has 0 atom stereocenters. The summed E-state index contributed by atoms with van der Waals surface area (Å²) in [6.07, 6.45) is 0. The maximum Gasteiger partial charge on any atom is 0.164 e. The van der Waals surface area contributed by atoms with Crippen LogP contribution < -0.4 is 0 Å². The van der Waals surface area contributed by atoms with Crippen LogP contribution in [0.2, 0.25) is 0 Å². The van der Waals surface area contributed by atoms with Gasteiger partial charge in [0, 0.05) is 53.2 Å². The summed E-state index contributed by atoms with van der Waals surface area (Å²) in [6.45, 7) is 0. The highest BCUT2D eigenvalue weighted by molar-refractivity contribution is 7.25. The lowest BCUT2D eigenvalue weighted by Gasteiger charge is -2.13. The van der Waals surface area contributed by atoms with Gasteiger partial charge < -0.3 is 4.42 Å². The van der Waals surface area contributed by atoms with Crippen LogP contribution in [0.5, 0.6) is 0 Å². The van der Waals surface area contributed by atoms with Gasteiger partial charge in [-0.25, -0.2) is 15.0 Å². The molecule has 8 aromatic carbocycles. The molecule has 3 heterocycles. The third kappa shape index (κ3) is 5.56. The van der Waals surface area contributed by atoms with Crippen molar-refractivity contribution in [3.05, 3.63) is 188 Å². The number of aromatic nitrogens is 3. The molecular weight excluding hydrogens is 703 g/mol. The van der Waals surface area contributed by atoms with Gasteiger partial charge in [-0.05, 0) is 82.4 Å². The van der Waals surface area contributed by atoms with Gasteiger partial charge in [-0.3, -0.25) is 0 Å². The Labute approximate surface area is 327 Å². The van der Waals surface area contributed by atoms with E-state index in [0.29, 0.717) is 17.5 Å². The summed E-state index contributed by atoms with van der Waals surface area (Å²) in [5, 5.41) is 4.51. The molecule has 0 unspecified atom stereocenters. The molecule has 262 valence electrons. The lowest BCUT2D eigenvalue weighted by molar-refractivity contribution is 0.670. The number of fused-ring (bicyclic) bond motifs is 6. The van der Waals surface area contributed by atoms with Gasteiger partial charge in [-0.1, -0.05) is 133 Å². The van der Waals surface area contributed by atoms with Crippen molar-refractivity contribution >= 4 is 53.4 Å². The van der Waals surface area contributed by atoms with Gasteiger partial charge in [0.1, 0.15) is 11.2 Å². The Morgan fingerprint density at radius 2 is 0.875 bits per heavy atom. The standard InChI is InChI=1S/C51H31N3OS/c1-4-14-32(15-5-1)36-28-37(33-16-6-2-7-17-33)30-38(29-36)50-52-49(34-18-8-3-9-19-34)53-51(54-50)42-26-25-39(48-47(42)41-21-10-12-22-44(41)55-48)35-24-27-46-43(31-35)40-20-11-13-23-45(40)56-46/h1-31H. The SMILES string of the molecule is c1ccc(-c2cc(-c3ccccc3)cc(-c3nc(-c4ccccc4)nc(-c4ccc(-c5ccc6sc7ccccc7c6c5)c5oc6ccccc6c45)n3)c2)cc1. The normalized spacial score (nSPS) is 11.6. The first-order chi connectivity index (χ1) is 27.7. The Morgan fingerprint density at radius 1 is 0.339 bits per heavy atom. The van der Waals surface area contributed by atoms with Crippen molar-refractivity contribution in [2.75, 3.05) is 0 Å². The molecule has 0 spiro atoms. The van der Waals surface area contributed by atoms with E-state index in [-0.39, 0.29) is 0 Å². The lowest BCUT2D eigenvalue weighted by Crippen LogP contribution is -2.01. The molecule has 0 saturated heterocycles. The summed E-state index contributed by atoms with van der Waals surface area (Å²) < 4.78 is 9.33. The average Bonchev–Trinajstić information content (AvgIpc) is 3.85. The minimum Gasteiger partial charge on any atom is -0.455 e. The lowest BCUT2D eigenvalue weighted by atomic mass is 9.95. The minimum absolute atomic E-state index is 0.586. The van der Waals surface area contributed by atoms with Crippen molar-refractivity contribution in [2.24, 2.45) is 0 Å². The first kappa shape index (κ1) is 32.2. The van der Waals surface area contributed by atoms with E-state index in [2.05, 4.69) is 146 Å². The van der Waals surface area contributed by atoms with E-state index in [9.17, 15) is 0 Å². The smallest absolute Gasteiger partial charge is 0.164 e. The molecule has 3 aromatic heterocycles. The Morgan fingerprint density at radius 3 is 1.59 bits per heavy atom. The van der Waals surface area contributed by atoms with Crippen LogP contribution in [0.3, 0.4) is 0 Å². The highest BCUT2D eigenvalue weighted by Gasteiger charge is 2.22. The van der Waals surface area contributed by atoms with Crippen molar-refractivity contribution in [1.29, 1.82) is 0 Å². The van der Waals surface area contributed by atoms with Crippen LogP contribution in [0.1, 0.15) is 0 Å². The summed E-state index contributed by atoms with van der Waals surface area (Å²) in [7, 11) is 0. The van der Waals surface area contributed by atoms with E-state index in [1.54, 1.807) is 0 Å². The van der Waals surface area contributed by atoms with Gasteiger partial charge in [-0.15, -0.1) is 11.3 Å². The van der Waals surface area contributed by atoms with Crippen molar-refractivity contribution < 1.29 is 4.42 Å². The number of rotatable bonds is 6. The molecule has 0 aliphatic carbocycles. The third-order valence-electron chi connectivity index (χ3n) is 10.5. The molecule has 56 heavy (non-hydrogen) atoms. The maximum absolute atomic E-state index is 6.77. The molecular formula is C51H31N3OS. The maximum atomic E-state index is 6.77. The molecule has 0 bridgehead atoms. The fourth-order valence-electron chi connectivity index (χ4n) is 7.83. The number of thiophene rings is 1. The molecule has 0 fully saturated rings. The van der Waals surface area contributed by atoms with Gasteiger partial charge in [0.2, 0.25) is 0 Å². The largest absolute Gasteiger partial charge is 0.455 e. The van der Waals surface area contributed by atoms with E-state index < -0.39 is 0 Å². The number of benzene rings is 8. The molecule has 11 rings (SSSR count). The van der Waals surface area contributed by atoms with E-state index in [0.717, 1.165) is 72.0 Å². The fraction of sp³-hybridized carbons (Fsp3) is 0. The number of furan rings is 1. The van der Waals surface area contributed by atoms with Crippen LogP contribution in [0.4, 0.5) is 0 Å². The molecule has 11 aromatic rings. The Kier molecular flexibility index (Phi) is 7.64. The highest BCUT2D eigenvalue weighted by Crippen LogP contribution is 2.44. The summed E-state index contributed by atoms with van der Waals surface area (Å²) >= 11 is 1.82. The molecule has 4 nitrogen and oxygen atoms in total. The fourth-order valence-corrected chi connectivity index (χ4v) is 8.91. The van der Waals surface area contributed by atoms with Crippen LogP contribution >= 0.6 is 11.3 Å². The molecule has 0 aliphatic rings. The molecule has 0 aliphatic heterocycles. The van der Waals surface area contributed by atoms with Crippen LogP contribution in [0.25, 0.3) is 110 Å². The summed E-state index contributed by atoms with van der Waals surface area (Å²) in [5.41, 5.74) is 10.9. The molecule has 0 N–H and O–H groups in total.